The Morgan fingerprint density at radius 1 is 0.650 bits per heavy atom. The molecule has 18 nitrogen and oxygen atoms in total. The third kappa shape index (κ3) is 7.23. The number of carbonyl (C=O) groups excluding carboxylic acids is 2. The van der Waals surface area contributed by atoms with Gasteiger partial charge in [0.15, 0.2) is 18.9 Å². The Kier molecular flexibility index (Phi) is 11.5. The number of amides is 2. The van der Waals surface area contributed by atoms with Gasteiger partial charge in [-0.3, -0.25) is 9.59 Å². The molecule has 0 aromatic heterocycles. The molecule has 0 aromatic carbocycles. The number of hydrogen-bond acceptors (Lipinski definition) is 16. The summed E-state index contributed by atoms with van der Waals surface area (Å²) >= 11 is 0. The first-order valence-corrected chi connectivity index (χ1v) is 12.6. The molecule has 40 heavy (non-hydrogen) atoms. The van der Waals surface area contributed by atoms with Crippen molar-refractivity contribution in [2.45, 2.75) is 106 Å². The number of ether oxygens (including phenoxy) is 5. The minimum absolute atomic E-state index is 0.588. The molecule has 15 atom stereocenters. The van der Waals surface area contributed by atoms with Gasteiger partial charge in [0.05, 0.1) is 19.8 Å². The zero-order chi connectivity index (χ0) is 29.9. The molecule has 232 valence electrons. The normalized spacial score (nSPS) is 46.0. The van der Waals surface area contributed by atoms with E-state index in [4.69, 9.17) is 23.7 Å². The second-order valence-electron chi connectivity index (χ2n) is 9.85. The molecule has 0 spiro atoms. The molecule has 13 unspecified atom stereocenters. The lowest BCUT2D eigenvalue weighted by atomic mass is 9.95. The highest BCUT2D eigenvalue weighted by molar-refractivity contribution is 5.73. The van der Waals surface area contributed by atoms with Crippen LogP contribution in [-0.2, 0) is 33.3 Å². The van der Waals surface area contributed by atoms with Gasteiger partial charge in [0.25, 0.3) is 0 Å². The lowest BCUT2D eigenvalue weighted by molar-refractivity contribution is -0.353. The summed E-state index contributed by atoms with van der Waals surface area (Å²) in [6.45, 7) is 0.227. The van der Waals surface area contributed by atoms with E-state index < -0.39 is 124 Å². The van der Waals surface area contributed by atoms with Crippen LogP contribution in [0.3, 0.4) is 0 Å². The minimum Gasteiger partial charge on any atom is -0.394 e. The predicted molar refractivity (Wildman–Crippen MR) is 124 cm³/mol. The van der Waals surface area contributed by atoms with Crippen molar-refractivity contribution in [3.8, 4) is 0 Å². The number of rotatable bonds is 9. The van der Waals surface area contributed by atoms with Gasteiger partial charge in [-0.1, -0.05) is 0 Å². The van der Waals surface area contributed by atoms with Gasteiger partial charge in [-0.05, 0) is 0 Å². The van der Waals surface area contributed by atoms with Crippen LogP contribution < -0.4 is 10.6 Å². The van der Waals surface area contributed by atoms with Crippen LogP contribution in [0, 0.1) is 0 Å². The Bertz CT molecular complexity index is 852. The van der Waals surface area contributed by atoms with E-state index in [9.17, 15) is 55.5 Å². The molecule has 0 saturated carbocycles. The molecule has 0 aromatic rings. The lowest BCUT2D eigenvalue weighted by Crippen LogP contribution is -2.67. The van der Waals surface area contributed by atoms with Crippen molar-refractivity contribution >= 4 is 11.8 Å². The standard InChI is InChI=1S/C22H38N2O16/c1-6(27)23-11-16(32)13(29)8(3-25)38-21(11)36-5-10-15(31)18(34)19(20(35)37-10)40-22-12(24-7(2)28)17(33)14(30)9(4-26)39-22/h8-22,25-26,29-35H,3-5H2,1-2H3,(H,23,27)(H,24,28)/t8?,9?,10?,11?,12?,13?,14?,15?,16?,17?,18?,19-,20+,21?,22?/m1/s1. The zero-order valence-electron chi connectivity index (χ0n) is 21.7. The van der Waals surface area contributed by atoms with Crippen LogP contribution in [0.1, 0.15) is 13.8 Å². The van der Waals surface area contributed by atoms with Crippen LogP contribution >= 0.6 is 0 Å². The fourth-order valence-electron chi connectivity index (χ4n) is 4.75. The molecule has 3 saturated heterocycles. The molecule has 2 amide bonds. The summed E-state index contributed by atoms with van der Waals surface area (Å²) in [4.78, 5) is 23.2. The highest BCUT2D eigenvalue weighted by Crippen LogP contribution is 2.30. The van der Waals surface area contributed by atoms with E-state index in [0.717, 1.165) is 13.8 Å². The smallest absolute Gasteiger partial charge is 0.217 e. The average Bonchev–Trinajstić information content (AvgIpc) is 2.90. The average molecular weight is 587 g/mol. The topological polar surface area (TPSA) is 286 Å². The van der Waals surface area contributed by atoms with Crippen LogP contribution in [0.15, 0.2) is 0 Å². The van der Waals surface area contributed by atoms with E-state index in [0.29, 0.717) is 0 Å². The largest absolute Gasteiger partial charge is 0.394 e. The summed E-state index contributed by atoms with van der Waals surface area (Å²) in [7, 11) is 0. The van der Waals surface area contributed by atoms with E-state index >= 15 is 0 Å². The fraction of sp³-hybridized carbons (Fsp3) is 0.909. The monoisotopic (exact) mass is 586 g/mol. The highest BCUT2D eigenvalue weighted by Gasteiger charge is 2.52. The molecule has 3 heterocycles. The van der Waals surface area contributed by atoms with Crippen LogP contribution in [0.5, 0.6) is 0 Å². The van der Waals surface area contributed by atoms with Crippen LogP contribution in [0.4, 0.5) is 0 Å². The van der Waals surface area contributed by atoms with Gasteiger partial charge in [-0.25, -0.2) is 0 Å². The van der Waals surface area contributed by atoms with Gasteiger partial charge in [0.2, 0.25) is 11.8 Å². The second kappa shape index (κ2) is 14.0. The van der Waals surface area contributed by atoms with Crippen molar-refractivity contribution in [2.75, 3.05) is 19.8 Å². The second-order valence-corrected chi connectivity index (χ2v) is 9.85. The van der Waals surface area contributed by atoms with Gasteiger partial charge >= 0.3 is 0 Å². The Morgan fingerprint density at radius 3 is 1.57 bits per heavy atom. The van der Waals surface area contributed by atoms with Crippen molar-refractivity contribution in [2.24, 2.45) is 0 Å². The van der Waals surface area contributed by atoms with E-state index in [2.05, 4.69) is 10.6 Å². The lowest BCUT2D eigenvalue weighted by Gasteiger charge is -2.46. The molecule has 3 fully saturated rings. The minimum atomic E-state index is -1.94. The summed E-state index contributed by atoms with van der Waals surface area (Å²) in [6.07, 6.45) is -20.9. The number of hydrogen-bond donors (Lipinski definition) is 11. The van der Waals surface area contributed by atoms with E-state index in [-0.39, 0.29) is 0 Å². The Labute approximate surface area is 228 Å². The molecular weight excluding hydrogens is 548 g/mol. The molecular formula is C22H38N2O16. The number of nitrogens with one attached hydrogen (secondary N) is 2. The Balaban J connectivity index is 1.68. The van der Waals surface area contributed by atoms with Crippen molar-refractivity contribution < 1.29 is 79.2 Å². The van der Waals surface area contributed by atoms with Gasteiger partial charge in [-0.2, -0.15) is 0 Å². The van der Waals surface area contributed by atoms with Crippen molar-refractivity contribution in [1.82, 2.24) is 10.6 Å². The van der Waals surface area contributed by atoms with E-state index in [1.54, 1.807) is 0 Å². The van der Waals surface area contributed by atoms with Gasteiger partial charge in [-0.15, -0.1) is 0 Å². The molecule has 18 heteroatoms. The molecule has 0 bridgehead atoms. The molecule has 3 aliphatic rings. The van der Waals surface area contributed by atoms with Crippen molar-refractivity contribution in [1.29, 1.82) is 0 Å². The summed E-state index contributed by atoms with van der Waals surface area (Å²) in [5.74, 6) is -1.24. The first-order valence-electron chi connectivity index (χ1n) is 12.6. The predicted octanol–water partition coefficient (Wildman–Crippen LogP) is -7.29. The SMILES string of the molecule is CC(=O)NC1C(OCC2O[C@H](O)[C@H](OC3OC(CO)C(O)C(O)C3NC(C)=O)C(O)C2O)OC(CO)C(O)C1O. The maximum atomic E-state index is 11.6. The molecule has 11 N–H and O–H groups in total. The summed E-state index contributed by atoms with van der Waals surface area (Å²) in [6, 6.07) is -2.69. The maximum absolute atomic E-state index is 11.6. The molecule has 3 aliphatic heterocycles. The quantitative estimate of drug-likeness (QED) is 0.120. The molecule has 0 aliphatic carbocycles. The first-order chi connectivity index (χ1) is 18.8. The third-order valence-corrected chi connectivity index (χ3v) is 6.88. The highest BCUT2D eigenvalue weighted by atomic mass is 16.7. The van der Waals surface area contributed by atoms with Gasteiger partial charge in [0, 0.05) is 13.8 Å². The third-order valence-electron chi connectivity index (χ3n) is 6.88. The Morgan fingerprint density at radius 2 is 1.10 bits per heavy atom. The van der Waals surface area contributed by atoms with Crippen LogP contribution in [0.2, 0.25) is 0 Å². The Hall–Kier alpha value is -1.62. The van der Waals surface area contributed by atoms with Crippen LogP contribution in [-0.4, -0.2) is 170 Å². The first kappa shape index (κ1) is 32.9. The summed E-state index contributed by atoms with van der Waals surface area (Å²) in [5, 5.41) is 96.5. The fourth-order valence-corrected chi connectivity index (χ4v) is 4.75. The maximum Gasteiger partial charge on any atom is 0.217 e. The summed E-state index contributed by atoms with van der Waals surface area (Å²) < 4.78 is 27.2. The van der Waals surface area contributed by atoms with E-state index in [1.807, 2.05) is 0 Å². The van der Waals surface area contributed by atoms with Crippen molar-refractivity contribution in [3.05, 3.63) is 0 Å². The molecule has 3 rings (SSSR count). The number of carbonyl (C=O) groups is 2. The number of aliphatic hydroxyl groups is 9. The molecule has 0 radical (unpaired) electrons. The zero-order valence-corrected chi connectivity index (χ0v) is 21.7. The van der Waals surface area contributed by atoms with E-state index in [1.165, 1.54) is 0 Å². The van der Waals surface area contributed by atoms with Crippen LogP contribution in [0.25, 0.3) is 0 Å². The number of aliphatic hydroxyl groups excluding tert-OH is 9. The van der Waals surface area contributed by atoms with Gasteiger partial charge in [0.1, 0.15) is 73.1 Å². The van der Waals surface area contributed by atoms with Gasteiger partial charge < -0.3 is 80.3 Å². The van der Waals surface area contributed by atoms with Crippen molar-refractivity contribution in [3.63, 3.8) is 0 Å². The summed E-state index contributed by atoms with van der Waals surface area (Å²) in [5.41, 5.74) is 0.